The monoisotopic (exact) mass is 221 g/mol. The molecule has 0 fully saturated rings. The lowest BCUT2D eigenvalue weighted by molar-refractivity contribution is 0.0652. The summed E-state index contributed by atoms with van der Waals surface area (Å²) >= 11 is 0. The van der Waals surface area contributed by atoms with Gasteiger partial charge in [0.05, 0.1) is 6.20 Å². The van der Waals surface area contributed by atoms with Crippen LogP contribution in [0.4, 0.5) is 0 Å². The largest absolute Gasteiger partial charge is 0.475 e. The predicted molar refractivity (Wildman–Crippen MR) is 55.0 cm³/mol. The van der Waals surface area contributed by atoms with Crippen molar-refractivity contribution in [2.24, 2.45) is 0 Å². The molecule has 1 N–H and O–H groups in total. The average Bonchev–Trinajstić information content (AvgIpc) is 2.84. The molecule has 0 aliphatic heterocycles. The highest BCUT2D eigenvalue weighted by Crippen LogP contribution is 2.18. The zero-order valence-electron chi connectivity index (χ0n) is 8.75. The average molecular weight is 221 g/mol. The van der Waals surface area contributed by atoms with Crippen LogP contribution in [0.5, 0.6) is 0 Å². The summed E-state index contributed by atoms with van der Waals surface area (Å²) in [7, 11) is 0. The first-order valence-corrected chi connectivity index (χ1v) is 4.93. The molecule has 2 rings (SSSR count). The Labute approximate surface area is 91.5 Å². The number of nitrogens with zero attached hydrogens (tertiary/aromatic N) is 3. The number of carbonyl (C=O) groups is 1. The molecule has 84 valence electrons. The van der Waals surface area contributed by atoms with Crippen LogP contribution in [0.15, 0.2) is 23.0 Å². The van der Waals surface area contributed by atoms with E-state index >= 15 is 0 Å². The van der Waals surface area contributed by atoms with Crippen molar-refractivity contribution in [2.45, 2.75) is 19.9 Å². The summed E-state index contributed by atoms with van der Waals surface area (Å²) in [6.07, 6.45) is 4.44. The molecule has 0 aromatic carbocycles. The highest BCUT2D eigenvalue weighted by molar-refractivity contribution is 5.85. The van der Waals surface area contributed by atoms with Gasteiger partial charge in [0.1, 0.15) is 5.69 Å². The molecule has 16 heavy (non-hydrogen) atoms. The Kier molecular flexibility index (Phi) is 2.72. The topological polar surface area (TPSA) is 81.2 Å². The quantitative estimate of drug-likeness (QED) is 0.848. The SMILES string of the molecule is CCCn1cc(-c2cc(C(=O)O)on2)cn1. The maximum absolute atomic E-state index is 10.6. The summed E-state index contributed by atoms with van der Waals surface area (Å²) in [6, 6.07) is 1.38. The Hall–Kier alpha value is -2.11. The molecule has 0 aliphatic carbocycles. The van der Waals surface area contributed by atoms with E-state index in [0.717, 1.165) is 18.5 Å². The minimum absolute atomic E-state index is 0.168. The van der Waals surface area contributed by atoms with E-state index in [1.54, 1.807) is 10.9 Å². The Morgan fingerprint density at radius 3 is 3.06 bits per heavy atom. The molecular formula is C10H11N3O3. The first-order chi connectivity index (χ1) is 7.70. The highest BCUT2D eigenvalue weighted by atomic mass is 16.5. The van der Waals surface area contributed by atoms with E-state index in [2.05, 4.69) is 21.7 Å². The number of hydrogen-bond donors (Lipinski definition) is 1. The van der Waals surface area contributed by atoms with E-state index in [4.69, 9.17) is 5.11 Å². The number of rotatable bonds is 4. The van der Waals surface area contributed by atoms with Gasteiger partial charge in [-0.2, -0.15) is 5.10 Å². The highest BCUT2D eigenvalue weighted by Gasteiger charge is 2.13. The molecule has 0 amide bonds. The van der Waals surface area contributed by atoms with Crippen molar-refractivity contribution in [1.29, 1.82) is 0 Å². The summed E-state index contributed by atoms with van der Waals surface area (Å²) in [5, 5.41) is 16.5. The second-order valence-electron chi connectivity index (χ2n) is 3.37. The predicted octanol–water partition coefficient (Wildman–Crippen LogP) is 1.65. The van der Waals surface area contributed by atoms with E-state index in [-0.39, 0.29) is 5.76 Å². The Balaban J connectivity index is 2.24. The Morgan fingerprint density at radius 1 is 1.62 bits per heavy atom. The zero-order chi connectivity index (χ0) is 11.5. The summed E-state index contributed by atoms with van der Waals surface area (Å²) in [5.74, 6) is -1.29. The van der Waals surface area contributed by atoms with Crippen LogP contribution in [0.2, 0.25) is 0 Å². The normalized spacial score (nSPS) is 10.6. The van der Waals surface area contributed by atoms with Crippen molar-refractivity contribution in [2.75, 3.05) is 0 Å². The van der Waals surface area contributed by atoms with Gasteiger partial charge < -0.3 is 9.63 Å². The fraction of sp³-hybridized carbons (Fsp3) is 0.300. The molecule has 6 nitrogen and oxygen atoms in total. The number of carboxylic acids is 1. The van der Waals surface area contributed by atoms with Gasteiger partial charge in [-0.3, -0.25) is 4.68 Å². The molecule has 6 heteroatoms. The molecule has 2 aromatic heterocycles. The van der Waals surface area contributed by atoms with Gasteiger partial charge in [0.25, 0.3) is 0 Å². The number of aryl methyl sites for hydroxylation is 1. The fourth-order valence-electron chi connectivity index (χ4n) is 1.36. The summed E-state index contributed by atoms with van der Waals surface area (Å²) in [5.41, 5.74) is 1.24. The number of aromatic carboxylic acids is 1. The maximum Gasteiger partial charge on any atom is 0.374 e. The first kappa shape index (κ1) is 10.4. The molecule has 0 radical (unpaired) electrons. The first-order valence-electron chi connectivity index (χ1n) is 4.93. The van der Waals surface area contributed by atoms with Crippen LogP contribution in [-0.4, -0.2) is 26.0 Å². The molecule has 0 unspecified atom stereocenters. The fourth-order valence-corrected chi connectivity index (χ4v) is 1.36. The van der Waals surface area contributed by atoms with Crippen molar-refractivity contribution in [3.8, 4) is 11.3 Å². The Morgan fingerprint density at radius 2 is 2.44 bits per heavy atom. The summed E-state index contributed by atoms with van der Waals surface area (Å²) < 4.78 is 6.45. The number of hydrogen-bond acceptors (Lipinski definition) is 4. The van der Waals surface area contributed by atoms with Gasteiger partial charge in [-0.1, -0.05) is 12.1 Å². The molecule has 0 saturated carbocycles. The third-order valence-electron chi connectivity index (χ3n) is 2.10. The molecule has 0 aliphatic rings. The van der Waals surface area contributed by atoms with Crippen LogP contribution in [0.3, 0.4) is 0 Å². The molecular weight excluding hydrogens is 210 g/mol. The lowest BCUT2D eigenvalue weighted by Crippen LogP contribution is -1.95. The van der Waals surface area contributed by atoms with Gasteiger partial charge in [-0.25, -0.2) is 4.79 Å². The molecule has 2 aromatic rings. The van der Waals surface area contributed by atoms with Crippen LogP contribution < -0.4 is 0 Å². The van der Waals surface area contributed by atoms with Crippen molar-refractivity contribution in [3.63, 3.8) is 0 Å². The molecule has 0 spiro atoms. The lowest BCUT2D eigenvalue weighted by atomic mass is 10.2. The summed E-state index contributed by atoms with van der Waals surface area (Å²) in [6.45, 7) is 2.88. The van der Waals surface area contributed by atoms with E-state index in [0.29, 0.717) is 5.69 Å². The summed E-state index contributed by atoms with van der Waals surface area (Å²) in [4.78, 5) is 10.6. The molecule has 0 atom stereocenters. The van der Waals surface area contributed by atoms with Crippen LogP contribution in [0.25, 0.3) is 11.3 Å². The van der Waals surface area contributed by atoms with Crippen molar-refractivity contribution >= 4 is 5.97 Å². The van der Waals surface area contributed by atoms with Crippen molar-refractivity contribution < 1.29 is 14.4 Å². The van der Waals surface area contributed by atoms with E-state index in [9.17, 15) is 4.79 Å². The number of aromatic nitrogens is 3. The van der Waals surface area contributed by atoms with Crippen LogP contribution >= 0.6 is 0 Å². The van der Waals surface area contributed by atoms with Gasteiger partial charge in [-0.15, -0.1) is 0 Å². The minimum Gasteiger partial charge on any atom is -0.475 e. The smallest absolute Gasteiger partial charge is 0.374 e. The van der Waals surface area contributed by atoms with E-state index in [1.165, 1.54) is 6.07 Å². The third kappa shape index (κ3) is 1.95. The van der Waals surface area contributed by atoms with E-state index in [1.807, 2.05) is 6.20 Å². The van der Waals surface area contributed by atoms with Crippen LogP contribution in [-0.2, 0) is 6.54 Å². The Bertz CT molecular complexity index is 501. The van der Waals surface area contributed by atoms with Gasteiger partial charge in [0.2, 0.25) is 5.76 Å². The molecule has 0 bridgehead atoms. The van der Waals surface area contributed by atoms with Crippen LogP contribution in [0.1, 0.15) is 23.9 Å². The van der Waals surface area contributed by atoms with E-state index < -0.39 is 5.97 Å². The third-order valence-corrected chi connectivity index (χ3v) is 2.10. The van der Waals surface area contributed by atoms with Gasteiger partial charge in [0, 0.05) is 24.4 Å². The standard InChI is InChI=1S/C10H11N3O3/c1-2-3-13-6-7(5-11-13)8-4-9(10(14)15)16-12-8/h4-6H,2-3H2,1H3,(H,14,15). The van der Waals surface area contributed by atoms with Gasteiger partial charge >= 0.3 is 5.97 Å². The minimum atomic E-state index is -1.13. The van der Waals surface area contributed by atoms with Gasteiger partial charge in [0.15, 0.2) is 0 Å². The van der Waals surface area contributed by atoms with Crippen molar-refractivity contribution in [1.82, 2.24) is 14.9 Å². The van der Waals surface area contributed by atoms with Crippen LogP contribution in [0, 0.1) is 0 Å². The maximum atomic E-state index is 10.6. The lowest BCUT2D eigenvalue weighted by Gasteiger charge is -1.93. The number of carboxylic acid groups (broad SMARTS) is 1. The zero-order valence-corrected chi connectivity index (χ0v) is 8.75. The van der Waals surface area contributed by atoms with Gasteiger partial charge in [-0.05, 0) is 6.42 Å². The molecule has 2 heterocycles. The second kappa shape index (κ2) is 4.18. The van der Waals surface area contributed by atoms with Crippen molar-refractivity contribution in [3.05, 3.63) is 24.2 Å². The molecule has 0 saturated heterocycles. The second-order valence-corrected chi connectivity index (χ2v) is 3.37.